The third-order valence-corrected chi connectivity index (χ3v) is 3.91. The standard InChI is InChI=1S/C17H19FN2O/c18-9-12(10-19)11-21-15-5-6-17-14(8-15)7-13-3-1-2-4-16(13)20-17/h5-9H,1-4,10-11,19H2/b12-9-. The molecule has 0 unspecified atom stereocenters. The van der Waals surface area contributed by atoms with Crippen molar-refractivity contribution in [3.8, 4) is 5.75 Å². The minimum atomic E-state index is 0.166. The Morgan fingerprint density at radius 1 is 1.29 bits per heavy atom. The highest BCUT2D eigenvalue weighted by Crippen LogP contribution is 2.26. The summed E-state index contributed by atoms with van der Waals surface area (Å²) in [6, 6.07) is 8.00. The highest BCUT2D eigenvalue weighted by atomic mass is 19.1. The summed E-state index contributed by atoms with van der Waals surface area (Å²) in [6.45, 7) is 0.343. The van der Waals surface area contributed by atoms with Crippen molar-refractivity contribution in [2.75, 3.05) is 13.2 Å². The van der Waals surface area contributed by atoms with Crippen molar-refractivity contribution in [3.05, 3.63) is 47.4 Å². The number of aromatic nitrogens is 1. The molecule has 0 saturated heterocycles. The van der Waals surface area contributed by atoms with Crippen LogP contribution in [0.5, 0.6) is 5.75 Å². The van der Waals surface area contributed by atoms with Gasteiger partial charge in [-0.25, -0.2) is 4.39 Å². The Bertz CT molecular complexity index is 682. The van der Waals surface area contributed by atoms with Crippen LogP contribution in [0.2, 0.25) is 0 Å². The van der Waals surface area contributed by atoms with E-state index in [2.05, 4.69) is 6.07 Å². The number of rotatable bonds is 4. The van der Waals surface area contributed by atoms with Crippen LogP contribution in [0.1, 0.15) is 24.1 Å². The van der Waals surface area contributed by atoms with Crippen molar-refractivity contribution < 1.29 is 9.13 Å². The van der Waals surface area contributed by atoms with Crippen LogP contribution in [0.4, 0.5) is 4.39 Å². The number of benzene rings is 1. The molecule has 0 bridgehead atoms. The van der Waals surface area contributed by atoms with Crippen LogP contribution >= 0.6 is 0 Å². The maximum atomic E-state index is 12.5. The Labute approximate surface area is 123 Å². The maximum absolute atomic E-state index is 12.5. The number of pyridine rings is 1. The van der Waals surface area contributed by atoms with Gasteiger partial charge in [-0.3, -0.25) is 4.98 Å². The molecular weight excluding hydrogens is 267 g/mol. The topological polar surface area (TPSA) is 48.1 Å². The molecule has 3 rings (SSSR count). The number of nitrogens with two attached hydrogens (primary N) is 1. The summed E-state index contributed by atoms with van der Waals surface area (Å²) in [4.78, 5) is 4.74. The highest BCUT2D eigenvalue weighted by Gasteiger charge is 2.12. The molecule has 1 aromatic heterocycles. The summed E-state index contributed by atoms with van der Waals surface area (Å²) in [5, 5.41) is 1.08. The van der Waals surface area contributed by atoms with Gasteiger partial charge in [0.05, 0.1) is 11.8 Å². The quantitative estimate of drug-likeness (QED) is 0.938. The van der Waals surface area contributed by atoms with Gasteiger partial charge in [0.2, 0.25) is 0 Å². The molecule has 1 aromatic carbocycles. The van der Waals surface area contributed by atoms with Gasteiger partial charge in [0.1, 0.15) is 12.4 Å². The van der Waals surface area contributed by atoms with Crippen LogP contribution in [0.3, 0.4) is 0 Å². The molecule has 0 saturated carbocycles. The van der Waals surface area contributed by atoms with Crippen LogP contribution in [-0.4, -0.2) is 18.1 Å². The van der Waals surface area contributed by atoms with E-state index in [0.717, 1.165) is 23.7 Å². The molecule has 21 heavy (non-hydrogen) atoms. The van der Waals surface area contributed by atoms with Crippen LogP contribution in [0.15, 0.2) is 36.2 Å². The van der Waals surface area contributed by atoms with Crippen molar-refractivity contribution >= 4 is 10.9 Å². The Morgan fingerprint density at radius 2 is 2.14 bits per heavy atom. The average Bonchev–Trinajstić information content (AvgIpc) is 2.53. The van der Waals surface area contributed by atoms with Crippen LogP contribution < -0.4 is 10.5 Å². The first-order valence-electron chi connectivity index (χ1n) is 7.33. The minimum absolute atomic E-state index is 0.166. The van der Waals surface area contributed by atoms with E-state index in [4.69, 9.17) is 15.5 Å². The molecule has 0 fully saturated rings. The smallest absolute Gasteiger partial charge is 0.120 e. The molecule has 1 aliphatic carbocycles. The highest BCUT2D eigenvalue weighted by molar-refractivity contribution is 5.81. The van der Waals surface area contributed by atoms with Gasteiger partial charge in [0.25, 0.3) is 0 Å². The monoisotopic (exact) mass is 286 g/mol. The zero-order valence-corrected chi connectivity index (χ0v) is 11.9. The normalized spacial score (nSPS) is 15.0. The molecular formula is C17H19FN2O. The van der Waals surface area contributed by atoms with Crippen molar-refractivity contribution in [1.82, 2.24) is 4.98 Å². The number of ether oxygens (including phenoxy) is 1. The SMILES string of the molecule is NC/C(=C/F)COc1ccc2nc3c(cc2c1)CCCC3. The first-order valence-corrected chi connectivity index (χ1v) is 7.33. The number of hydrogen-bond donors (Lipinski definition) is 1. The zero-order chi connectivity index (χ0) is 14.7. The molecule has 0 aliphatic heterocycles. The summed E-state index contributed by atoms with van der Waals surface area (Å²) in [7, 11) is 0. The van der Waals surface area contributed by atoms with Crippen molar-refractivity contribution in [2.24, 2.45) is 5.73 Å². The van der Waals surface area contributed by atoms with Crippen LogP contribution in [-0.2, 0) is 12.8 Å². The third kappa shape index (κ3) is 3.05. The van der Waals surface area contributed by atoms with Crippen molar-refractivity contribution in [3.63, 3.8) is 0 Å². The van der Waals surface area contributed by atoms with E-state index in [1.165, 1.54) is 24.1 Å². The van der Waals surface area contributed by atoms with E-state index < -0.39 is 0 Å². The molecule has 2 N–H and O–H groups in total. The number of hydrogen-bond acceptors (Lipinski definition) is 3. The summed E-state index contributed by atoms with van der Waals surface area (Å²) >= 11 is 0. The predicted octanol–water partition coefficient (Wildman–Crippen LogP) is 3.30. The third-order valence-electron chi connectivity index (χ3n) is 3.91. The van der Waals surface area contributed by atoms with Crippen LogP contribution in [0, 0.1) is 0 Å². The molecule has 1 aliphatic rings. The lowest BCUT2D eigenvalue weighted by atomic mass is 9.95. The lowest BCUT2D eigenvalue weighted by Gasteiger charge is -2.16. The van der Waals surface area contributed by atoms with E-state index in [1.807, 2.05) is 18.2 Å². The second-order valence-electron chi connectivity index (χ2n) is 5.42. The van der Waals surface area contributed by atoms with E-state index in [-0.39, 0.29) is 13.2 Å². The molecule has 0 amide bonds. The summed E-state index contributed by atoms with van der Waals surface area (Å²) < 4.78 is 18.1. The number of nitrogens with zero attached hydrogens (tertiary/aromatic N) is 1. The Kier molecular flexibility index (Phi) is 4.15. The fourth-order valence-electron chi connectivity index (χ4n) is 2.68. The van der Waals surface area contributed by atoms with Gasteiger partial charge in [0, 0.05) is 23.2 Å². The molecule has 4 heteroatoms. The van der Waals surface area contributed by atoms with Crippen molar-refractivity contribution in [2.45, 2.75) is 25.7 Å². The summed E-state index contributed by atoms with van der Waals surface area (Å²) in [5.74, 6) is 0.716. The summed E-state index contributed by atoms with van der Waals surface area (Å²) in [5.41, 5.74) is 9.42. The Balaban J connectivity index is 1.85. The van der Waals surface area contributed by atoms with Gasteiger partial charge in [0.15, 0.2) is 0 Å². The fraction of sp³-hybridized carbons (Fsp3) is 0.353. The number of halogens is 1. The number of fused-ring (bicyclic) bond motifs is 2. The van der Waals surface area contributed by atoms with Crippen LogP contribution in [0.25, 0.3) is 10.9 Å². The van der Waals surface area contributed by atoms with E-state index in [0.29, 0.717) is 17.7 Å². The van der Waals surface area contributed by atoms with Gasteiger partial charge in [-0.15, -0.1) is 0 Å². The second kappa shape index (κ2) is 6.22. The summed E-state index contributed by atoms with van der Waals surface area (Å²) in [6.07, 6.45) is 5.15. The fourth-order valence-corrected chi connectivity index (χ4v) is 2.68. The largest absolute Gasteiger partial charge is 0.489 e. The lowest BCUT2D eigenvalue weighted by molar-refractivity contribution is 0.348. The molecule has 2 aromatic rings. The van der Waals surface area contributed by atoms with E-state index in [9.17, 15) is 4.39 Å². The van der Waals surface area contributed by atoms with E-state index >= 15 is 0 Å². The predicted molar refractivity (Wildman–Crippen MR) is 82.1 cm³/mol. The Morgan fingerprint density at radius 3 is 2.95 bits per heavy atom. The number of aryl methyl sites for hydroxylation is 2. The first kappa shape index (κ1) is 14.0. The maximum Gasteiger partial charge on any atom is 0.120 e. The Hall–Kier alpha value is -1.94. The zero-order valence-electron chi connectivity index (χ0n) is 11.9. The molecule has 0 spiro atoms. The van der Waals surface area contributed by atoms with Gasteiger partial charge in [-0.1, -0.05) is 0 Å². The van der Waals surface area contributed by atoms with Gasteiger partial charge < -0.3 is 10.5 Å². The lowest BCUT2D eigenvalue weighted by Crippen LogP contribution is -2.10. The molecule has 1 heterocycles. The average molecular weight is 286 g/mol. The van der Waals surface area contributed by atoms with E-state index in [1.54, 1.807) is 0 Å². The molecule has 3 nitrogen and oxygen atoms in total. The molecule has 110 valence electrons. The second-order valence-corrected chi connectivity index (χ2v) is 5.42. The van der Waals surface area contributed by atoms with Gasteiger partial charge in [-0.2, -0.15) is 0 Å². The van der Waals surface area contributed by atoms with Gasteiger partial charge in [-0.05, 0) is 55.5 Å². The first-order chi connectivity index (χ1) is 10.3. The minimum Gasteiger partial charge on any atom is -0.489 e. The van der Waals surface area contributed by atoms with Crippen molar-refractivity contribution in [1.29, 1.82) is 0 Å². The van der Waals surface area contributed by atoms with Gasteiger partial charge >= 0.3 is 0 Å². The molecule has 0 atom stereocenters. The molecule has 0 radical (unpaired) electrons.